The highest BCUT2D eigenvalue weighted by atomic mass is 16.5. The second-order valence-corrected chi connectivity index (χ2v) is 3.87. The van der Waals surface area contributed by atoms with Gasteiger partial charge in [-0.1, -0.05) is 12.1 Å². The number of furan rings is 1. The van der Waals surface area contributed by atoms with Crippen LogP contribution in [0.3, 0.4) is 0 Å². The number of aliphatic carboxylic acids is 1. The Morgan fingerprint density at radius 2 is 2.10 bits per heavy atom. The van der Waals surface area contributed by atoms with Gasteiger partial charge in [0.15, 0.2) is 5.76 Å². The number of rotatable bonds is 6. The molecule has 0 atom stereocenters. The lowest BCUT2D eigenvalue weighted by atomic mass is 10.2. The van der Waals surface area contributed by atoms with Gasteiger partial charge in [-0.05, 0) is 24.3 Å². The van der Waals surface area contributed by atoms with Gasteiger partial charge >= 0.3 is 5.91 Å². The summed E-state index contributed by atoms with van der Waals surface area (Å²) in [6, 6.07) is 9.74. The van der Waals surface area contributed by atoms with Crippen molar-refractivity contribution >= 4 is 18.1 Å². The van der Waals surface area contributed by atoms with Crippen LogP contribution in [0, 0.1) is 0 Å². The fourth-order valence-electron chi connectivity index (χ4n) is 1.48. The smallest absolute Gasteiger partial charge is 0.307 e. The van der Waals surface area contributed by atoms with E-state index < -0.39 is 18.5 Å². The molecule has 0 aliphatic carbocycles. The van der Waals surface area contributed by atoms with Crippen LogP contribution in [-0.4, -0.2) is 24.7 Å². The molecule has 2 rings (SSSR count). The maximum absolute atomic E-state index is 11.6. The van der Waals surface area contributed by atoms with Crippen LogP contribution in [0.1, 0.15) is 16.1 Å². The SMILES string of the molecule is O=C([O-])COc1ccccc1/C=N\NC(=O)c1ccco1. The normalized spacial score (nSPS) is 10.5. The highest BCUT2D eigenvalue weighted by Crippen LogP contribution is 2.15. The third-order valence-corrected chi connectivity index (χ3v) is 2.38. The molecule has 21 heavy (non-hydrogen) atoms. The number of hydrogen-bond acceptors (Lipinski definition) is 6. The van der Waals surface area contributed by atoms with Crippen molar-refractivity contribution in [2.24, 2.45) is 5.10 Å². The molecule has 0 aliphatic rings. The van der Waals surface area contributed by atoms with Crippen LogP contribution >= 0.6 is 0 Å². The van der Waals surface area contributed by atoms with Gasteiger partial charge in [-0.3, -0.25) is 4.79 Å². The zero-order valence-corrected chi connectivity index (χ0v) is 10.8. The molecule has 2 aromatic rings. The highest BCUT2D eigenvalue weighted by Gasteiger charge is 2.06. The molecule has 1 N–H and O–H groups in total. The van der Waals surface area contributed by atoms with E-state index in [2.05, 4.69) is 10.5 Å². The van der Waals surface area contributed by atoms with E-state index in [4.69, 9.17) is 9.15 Å². The van der Waals surface area contributed by atoms with Crippen molar-refractivity contribution in [3.8, 4) is 5.75 Å². The summed E-state index contributed by atoms with van der Waals surface area (Å²) in [5, 5.41) is 14.1. The third kappa shape index (κ3) is 4.20. The second kappa shape index (κ2) is 6.90. The van der Waals surface area contributed by atoms with E-state index in [1.807, 2.05) is 0 Å². The van der Waals surface area contributed by atoms with Crippen molar-refractivity contribution in [2.45, 2.75) is 0 Å². The zero-order valence-electron chi connectivity index (χ0n) is 10.8. The van der Waals surface area contributed by atoms with Gasteiger partial charge in [-0.2, -0.15) is 5.10 Å². The summed E-state index contributed by atoms with van der Waals surface area (Å²) in [7, 11) is 0. The molecule has 0 radical (unpaired) electrons. The average Bonchev–Trinajstić information content (AvgIpc) is 3.00. The second-order valence-electron chi connectivity index (χ2n) is 3.87. The number of amides is 1. The van der Waals surface area contributed by atoms with Gasteiger partial charge in [0.25, 0.3) is 0 Å². The van der Waals surface area contributed by atoms with Gasteiger partial charge in [0.1, 0.15) is 12.4 Å². The lowest BCUT2D eigenvalue weighted by molar-refractivity contribution is -0.307. The predicted octanol–water partition coefficient (Wildman–Crippen LogP) is 0.172. The van der Waals surface area contributed by atoms with Crippen molar-refractivity contribution in [3.63, 3.8) is 0 Å². The maximum Gasteiger partial charge on any atom is 0.307 e. The molecule has 7 nitrogen and oxygen atoms in total. The number of carbonyl (C=O) groups is 2. The minimum absolute atomic E-state index is 0.133. The van der Waals surface area contributed by atoms with E-state index in [1.54, 1.807) is 30.3 Å². The Morgan fingerprint density at radius 1 is 1.29 bits per heavy atom. The summed E-state index contributed by atoms with van der Waals surface area (Å²) in [5.74, 6) is -1.37. The topological polar surface area (TPSA) is 104 Å². The minimum atomic E-state index is -1.33. The quantitative estimate of drug-likeness (QED) is 0.602. The average molecular weight is 287 g/mol. The van der Waals surface area contributed by atoms with Crippen molar-refractivity contribution in [3.05, 3.63) is 54.0 Å². The molecule has 0 saturated heterocycles. The maximum atomic E-state index is 11.6. The Hall–Kier alpha value is -3.09. The molecule has 0 aliphatic heterocycles. The minimum Gasteiger partial charge on any atom is -0.546 e. The van der Waals surface area contributed by atoms with Gasteiger partial charge in [0.05, 0.1) is 18.4 Å². The third-order valence-electron chi connectivity index (χ3n) is 2.38. The Morgan fingerprint density at radius 3 is 2.81 bits per heavy atom. The van der Waals surface area contributed by atoms with E-state index in [0.717, 1.165) is 0 Å². The van der Waals surface area contributed by atoms with Crippen molar-refractivity contribution in [1.82, 2.24) is 5.43 Å². The number of hydrogen-bond donors (Lipinski definition) is 1. The van der Waals surface area contributed by atoms with Gasteiger partial charge in [-0.25, -0.2) is 5.43 Å². The number of ether oxygens (including phenoxy) is 1. The number of hydrazone groups is 1. The molecule has 0 fully saturated rings. The van der Waals surface area contributed by atoms with E-state index in [-0.39, 0.29) is 5.76 Å². The molecular formula is C14H11N2O5-. The molecule has 0 unspecified atom stereocenters. The van der Waals surface area contributed by atoms with Crippen LogP contribution in [0.25, 0.3) is 0 Å². The molecule has 1 heterocycles. The predicted molar refractivity (Wildman–Crippen MR) is 70.7 cm³/mol. The van der Waals surface area contributed by atoms with Crippen LogP contribution in [0.5, 0.6) is 5.75 Å². The summed E-state index contributed by atoms with van der Waals surface area (Å²) in [6.07, 6.45) is 2.72. The fraction of sp³-hybridized carbons (Fsp3) is 0.0714. The van der Waals surface area contributed by atoms with Crippen LogP contribution < -0.4 is 15.3 Å². The van der Waals surface area contributed by atoms with E-state index in [9.17, 15) is 14.7 Å². The molecule has 108 valence electrons. The monoisotopic (exact) mass is 287 g/mol. The number of para-hydroxylation sites is 1. The molecule has 1 aromatic heterocycles. The first kappa shape index (κ1) is 14.3. The van der Waals surface area contributed by atoms with Crippen molar-refractivity contribution < 1.29 is 23.8 Å². The van der Waals surface area contributed by atoms with E-state index >= 15 is 0 Å². The summed E-state index contributed by atoms with van der Waals surface area (Å²) < 4.78 is 9.95. The van der Waals surface area contributed by atoms with Crippen LogP contribution in [-0.2, 0) is 4.79 Å². The number of nitrogens with one attached hydrogen (secondary N) is 1. The molecule has 1 aromatic carbocycles. The van der Waals surface area contributed by atoms with E-state index in [1.165, 1.54) is 18.5 Å². The Bertz CT molecular complexity index is 649. The molecule has 7 heteroatoms. The fourth-order valence-corrected chi connectivity index (χ4v) is 1.48. The number of carboxylic acid groups (broad SMARTS) is 1. The Labute approximate surface area is 119 Å². The number of nitrogens with zero attached hydrogens (tertiary/aromatic N) is 1. The Kier molecular flexibility index (Phi) is 4.70. The summed E-state index contributed by atoms with van der Waals surface area (Å²) in [6.45, 7) is -0.566. The summed E-state index contributed by atoms with van der Waals surface area (Å²) in [5.41, 5.74) is 2.79. The van der Waals surface area contributed by atoms with E-state index in [0.29, 0.717) is 11.3 Å². The van der Waals surface area contributed by atoms with Crippen molar-refractivity contribution in [1.29, 1.82) is 0 Å². The standard InChI is InChI=1S/C14H12N2O5/c17-13(18)9-21-11-5-2-1-4-10(11)8-15-16-14(19)12-6-3-7-20-12/h1-8H,9H2,(H,16,19)(H,17,18)/p-1/b15-8-. The zero-order chi connectivity index (χ0) is 15.1. The lowest BCUT2D eigenvalue weighted by Crippen LogP contribution is -2.29. The molecule has 0 bridgehead atoms. The van der Waals surface area contributed by atoms with Crippen LogP contribution in [0.2, 0.25) is 0 Å². The molecular weight excluding hydrogens is 276 g/mol. The lowest BCUT2D eigenvalue weighted by Gasteiger charge is -2.08. The first-order valence-corrected chi connectivity index (χ1v) is 5.95. The molecule has 0 spiro atoms. The van der Waals surface area contributed by atoms with Gasteiger partial charge in [0.2, 0.25) is 0 Å². The molecule has 1 amide bonds. The van der Waals surface area contributed by atoms with Crippen molar-refractivity contribution in [2.75, 3.05) is 6.61 Å². The largest absolute Gasteiger partial charge is 0.546 e. The molecule has 0 saturated carbocycles. The number of carbonyl (C=O) groups excluding carboxylic acids is 2. The number of carboxylic acids is 1. The van der Waals surface area contributed by atoms with Gasteiger partial charge in [0, 0.05) is 5.56 Å². The van der Waals surface area contributed by atoms with Crippen LogP contribution in [0.15, 0.2) is 52.2 Å². The summed E-state index contributed by atoms with van der Waals surface area (Å²) >= 11 is 0. The summed E-state index contributed by atoms with van der Waals surface area (Å²) in [4.78, 5) is 21.9. The van der Waals surface area contributed by atoms with Crippen LogP contribution in [0.4, 0.5) is 0 Å². The van der Waals surface area contributed by atoms with Gasteiger partial charge < -0.3 is 19.1 Å². The number of benzene rings is 1. The first-order valence-electron chi connectivity index (χ1n) is 5.95. The Balaban J connectivity index is 2.00. The first-order chi connectivity index (χ1) is 10.2. The van der Waals surface area contributed by atoms with Gasteiger partial charge in [-0.15, -0.1) is 0 Å². The highest BCUT2D eigenvalue weighted by molar-refractivity contribution is 5.92.